The minimum absolute atomic E-state index is 0. The molecule has 4 nitrogen and oxygen atoms in total. The molecule has 0 amide bonds. The second kappa shape index (κ2) is 18.9. The second-order valence-electron chi connectivity index (χ2n) is 11.1. The molecule has 33 heavy (non-hydrogen) atoms. The molecule has 5 heteroatoms. The van der Waals surface area contributed by atoms with Gasteiger partial charge in [0.05, 0.1) is 12.2 Å². The van der Waals surface area contributed by atoms with E-state index in [-0.39, 0.29) is 24.6 Å². The van der Waals surface area contributed by atoms with Crippen LogP contribution in [0.2, 0.25) is 0 Å². The van der Waals surface area contributed by atoms with Crippen LogP contribution in [0.4, 0.5) is 0 Å². The number of aliphatic hydroxyl groups excluding tert-OH is 2. The maximum atomic E-state index is 10.6. The molecule has 4 saturated carbocycles. The fourth-order valence-electron chi connectivity index (χ4n) is 4.60. The Bertz CT molecular complexity index is 425. The summed E-state index contributed by atoms with van der Waals surface area (Å²) in [7, 11) is 0. The molecular weight excluding hydrogens is 434 g/mol. The van der Waals surface area contributed by atoms with Gasteiger partial charge in [-0.25, -0.2) is 0 Å². The Balaban J connectivity index is 0.000000410. The minimum Gasteiger partial charge on any atom is -0.393 e. The van der Waals surface area contributed by atoms with Crippen LogP contribution < -0.4 is 5.73 Å². The van der Waals surface area contributed by atoms with Crippen molar-refractivity contribution in [2.24, 2.45) is 23.5 Å². The third kappa shape index (κ3) is 17.6. The van der Waals surface area contributed by atoms with Gasteiger partial charge in [0.25, 0.3) is 0 Å². The molecule has 4 rings (SSSR count). The Labute approximate surface area is 210 Å². The molecule has 0 spiro atoms. The lowest BCUT2D eigenvalue weighted by Gasteiger charge is -2.21. The highest BCUT2D eigenvalue weighted by molar-refractivity contribution is 5.85. The molecule has 0 aromatic heterocycles. The number of halogens is 1. The number of ketones is 1. The smallest absolute Gasteiger partial charge is 0.132 e. The Hall–Kier alpha value is -0.420. The first-order valence-corrected chi connectivity index (χ1v) is 13.5. The second-order valence-corrected chi connectivity index (χ2v) is 11.1. The summed E-state index contributed by atoms with van der Waals surface area (Å²) in [5, 5.41) is 18.0. The monoisotopic (exact) mass is 487 g/mol. The number of hydrogen-bond donors (Lipinski definition) is 3. The van der Waals surface area contributed by atoms with Crippen LogP contribution in [0.15, 0.2) is 12.2 Å². The predicted octanol–water partition coefficient (Wildman–Crippen LogP) is 6.75. The van der Waals surface area contributed by atoms with E-state index in [2.05, 4.69) is 27.4 Å². The van der Waals surface area contributed by atoms with Gasteiger partial charge in [0.15, 0.2) is 0 Å². The van der Waals surface area contributed by atoms with E-state index in [4.69, 9.17) is 15.9 Å². The van der Waals surface area contributed by atoms with Crippen molar-refractivity contribution in [2.75, 3.05) is 0 Å². The number of hydrogen-bond acceptors (Lipinski definition) is 4. The zero-order chi connectivity index (χ0) is 23.9. The van der Waals surface area contributed by atoms with E-state index in [0.29, 0.717) is 11.8 Å². The molecule has 0 aliphatic heterocycles. The number of nitrogens with two attached hydrogens (primary N) is 1. The van der Waals surface area contributed by atoms with Crippen molar-refractivity contribution in [3.8, 4) is 0 Å². The molecule has 0 saturated heterocycles. The van der Waals surface area contributed by atoms with Gasteiger partial charge in [-0.05, 0) is 108 Å². The summed E-state index contributed by atoms with van der Waals surface area (Å²) in [6.07, 6.45) is 17.5. The lowest BCUT2D eigenvalue weighted by Crippen LogP contribution is -2.28. The molecule has 196 valence electrons. The molecule has 4 aliphatic carbocycles. The highest BCUT2D eigenvalue weighted by Gasteiger charge is 2.16. The summed E-state index contributed by atoms with van der Waals surface area (Å²) in [4.78, 5) is 10.6. The predicted molar refractivity (Wildman–Crippen MR) is 143 cm³/mol. The maximum Gasteiger partial charge on any atom is 0.132 e. The normalized spacial score (nSPS) is 30.8. The Morgan fingerprint density at radius 3 is 1.27 bits per heavy atom. The van der Waals surface area contributed by atoms with Gasteiger partial charge in [0.1, 0.15) is 5.78 Å². The molecule has 0 radical (unpaired) electrons. The standard InChI is InChI=1S/C8H14.C7H14O.C7H12O.C6H13NO.ClH/c1-7-3-5-8(2)6-4-7;2*1-6-2-4-7(8)5-3-6;7-5-1-3-6(8)4-2-5;/h8H,1,3-6H2,2H3;6-8H,2-5H2,1H3;6H,2-5H2,1H3;5-6,8H,1-4,7H2;1H. The van der Waals surface area contributed by atoms with E-state index >= 15 is 0 Å². The van der Waals surface area contributed by atoms with E-state index in [1.54, 1.807) is 0 Å². The Kier molecular flexibility index (Phi) is 18.6. The molecule has 4 N–H and O–H groups in total. The molecule has 0 atom stereocenters. The van der Waals surface area contributed by atoms with Crippen LogP contribution in [-0.4, -0.2) is 34.2 Å². The van der Waals surface area contributed by atoms with Crippen molar-refractivity contribution in [2.45, 2.75) is 142 Å². The summed E-state index contributed by atoms with van der Waals surface area (Å²) in [5.74, 6) is 3.08. The van der Waals surface area contributed by atoms with E-state index < -0.39 is 0 Å². The van der Waals surface area contributed by atoms with Crippen LogP contribution >= 0.6 is 12.4 Å². The molecule has 4 aliphatic rings. The molecule has 0 unspecified atom stereocenters. The van der Waals surface area contributed by atoms with Crippen LogP contribution in [0.25, 0.3) is 0 Å². The lowest BCUT2D eigenvalue weighted by atomic mass is 9.88. The van der Waals surface area contributed by atoms with Gasteiger partial charge in [-0.2, -0.15) is 0 Å². The summed E-state index contributed by atoms with van der Waals surface area (Å²) in [6.45, 7) is 10.7. The number of carbonyl (C=O) groups excluding carboxylic acids is 1. The van der Waals surface area contributed by atoms with Crippen LogP contribution in [0.1, 0.15) is 124 Å². The maximum absolute atomic E-state index is 10.6. The van der Waals surface area contributed by atoms with Crippen molar-refractivity contribution in [1.82, 2.24) is 0 Å². The number of carbonyl (C=O) groups is 1. The largest absolute Gasteiger partial charge is 0.393 e. The van der Waals surface area contributed by atoms with E-state index in [0.717, 1.165) is 82.0 Å². The van der Waals surface area contributed by atoms with E-state index in [1.165, 1.54) is 44.1 Å². The average Bonchev–Trinajstić information content (AvgIpc) is 2.78. The van der Waals surface area contributed by atoms with Crippen LogP contribution in [0.3, 0.4) is 0 Å². The van der Waals surface area contributed by atoms with Crippen molar-refractivity contribution in [3.05, 3.63) is 12.2 Å². The fourth-order valence-corrected chi connectivity index (χ4v) is 4.60. The molecule has 0 heterocycles. The number of Topliss-reactive ketones (excluding diaryl/α,β-unsaturated/α-hetero) is 1. The summed E-state index contributed by atoms with van der Waals surface area (Å²) >= 11 is 0. The minimum atomic E-state index is -0.0604. The van der Waals surface area contributed by atoms with Crippen molar-refractivity contribution >= 4 is 18.2 Å². The van der Waals surface area contributed by atoms with Crippen molar-refractivity contribution < 1.29 is 15.0 Å². The summed E-state index contributed by atoms with van der Waals surface area (Å²) in [5.41, 5.74) is 7.05. The average molecular weight is 488 g/mol. The highest BCUT2D eigenvalue weighted by Crippen LogP contribution is 2.26. The molecule has 0 aromatic rings. The Morgan fingerprint density at radius 2 is 0.970 bits per heavy atom. The van der Waals surface area contributed by atoms with E-state index in [9.17, 15) is 4.79 Å². The molecule has 0 bridgehead atoms. The van der Waals surface area contributed by atoms with Gasteiger partial charge in [0, 0.05) is 18.9 Å². The highest BCUT2D eigenvalue weighted by atomic mass is 35.5. The third-order valence-corrected chi connectivity index (χ3v) is 7.54. The molecule has 4 fully saturated rings. The zero-order valence-corrected chi connectivity index (χ0v) is 22.6. The summed E-state index contributed by atoms with van der Waals surface area (Å²) < 4.78 is 0. The van der Waals surface area contributed by atoms with Gasteiger partial charge in [-0.15, -0.1) is 12.4 Å². The van der Waals surface area contributed by atoms with Gasteiger partial charge < -0.3 is 15.9 Å². The summed E-state index contributed by atoms with van der Waals surface area (Å²) in [6, 6.07) is 0.360. The molecular formula is C28H54ClNO3. The third-order valence-electron chi connectivity index (χ3n) is 7.54. The fraction of sp³-hybridized carbons (Fsp3) is 0.893. The topological polar surface area (TPSA) is 83.5 Å². The number of allylic oxidation sites excluding steroid dienone is 1. The quantitative estimate of drug-likeness (QED) is 0.330. The van der Waals surface area contributed by atoms with Gasteiger partial charge in [0.2, 0.25) is 0 Å². The van der Waals surface area contributed by atoms with Crippen molar-refractivity contribution in [1.29, 1.82) is 0 Å². The SMILES string of the molecule is C=C1CCC(C)CC1.CC1CCC(=O)CC1.CC1CCC(O)CC1.Cl.NC1CCC(O)CC1. The van der Waals surface area contributed by atoms with Crippen LogP contribution in [0, 0.1) is 17.8 Å². The molecule has 0 aromatic carbocycles. The number of aliphatic hydroxyl groups is 2. The van der Waals surface area contributed by atoms with Crippen LogP contribution in [-0.2, 0) is 4.79 Å². The number of rotatable bonds is 0. The lowest BCUT2D eigenvalue weighted by molar-refractivity contribution is -0.120. The first-order valence-electron chi connectivity index (χ1n) is 13.5. The zero-order valence-electron chi connectivity index (χ0n) is 21.8. The van der Waals surface area contributed by atoms with E-state index in [1.807, 2.05) is 0 Å². The van der Waals surface area contributed by atoms with Gasteiger partial charge in [-0.3, -0.25) is 4.79 Å². The Morgan fingerprint density at radius 1 is 0.636 bits per heavy atom. The van der Waals surface area contributed by atoms with Crippen molar-refractivity contribution in [3.63, 3.8) is 0 Å². The first-order chi connectivity index (χ1) is 15.2. The van der Waals surface area contributed by atoms with Crippen LogP contribution in [0.5, 0.6) is 0 Å². The van der Waals surface area contributed by atoms with Gasteiger partial charge >= 0.3 is 0 Å². The van der Waals surface area contributed by atoms with Gasteiger partial charge in [-0.1, -0.05) is 32.9 Å². The first kappa shape index (κ1) is 32.6.